The number of hydrogen-bond acceptors (Lipinski definition) is 4. The zero-order chi connectivity index (χ0) is 14.4. The summed E-state index contributed by atoms with van der Waals surface area (Å²) >= 11 is 0. The Hall–Kier alpha value is -2.49. The number of carbonyl (C=O) groups is 1. The second-order valence-electron chi connectivity index (χ2n) is 4.17. The normalized spacial score (nSPS) is 11.5. The standard InChI is InChI=1S/C16H16O4/c1-12(16(17)18-2)19-14-8-10-15(11-9-14)20-13-6-4-3-5-7-13/h3-12H,1-2H3/t12-/m1/s1. The van der Waals surface area contributed by atoms with E-state index in [-0.39, 0.29) is 0 Å². The van der Waals surface area contributed by atoms with Gasteiger partial charge in [-0.25, -0.2) is 4.79 Å². The Labute approximate surface area is 117 Å². The minimum Gasteiger partial charge on any atom is -0.479 e. The van der Waals surface area contributed by atoms with E-state index in [2.05, 4.69) is 4.74 Å². The molecule has 0 heterocycles. The van der Waals surface area contributed by atoms with Crippen molar-refractivity contribution in [3.8, 4) is 17.2 Å². The van der Waals surface area contributed by atoms with E-state index < -0.39 is 12.1 Å². The molecule has 0 amide bonds. The molecule has 4 heteroatoms. The maximum atomic E-state index is 11.3. The second-order valence-corrected chi connectivity index (χ2v) is 4.17. The molecule has 0 radical (unpaired) electrons. The van der Waals surface area contributed by atoms with Crippen LogP contribution in [0.4, 0.5) is 0 Å². The first-order valence-electron chi connectivity index (χ1n) is 6.26. The van der Waals surface area contributed by atoms with E-state index >= 15 is 0 Å². The molecule has 2 rings (SSSR count). The summed E-state index contributed by atoms with van der Waals surface area (Å²) in [7, 11) is 1.33. The van der Waals surface area contributed by atoms with Crippen molar-refractivity contribution in [2.45, 2.75) is 13.0 Å². The summed E-state index contributed by atoms with van der Waals surface area (Å²) in [5, 5.41) is 0. The van der Waals surface area contributed by atoms with Gasteiger partial charge in [-0.1, -0.05) is 18.2 Å². The van der Waals surface area contributed by atoms with Gasteiger partial charge in [0, 0.05) is 0 Å². The van der Waals surface area contributed by atoms with Crippen LogP contribution in [0, 0.1) is 0 Å². The van der Waals surface area contributed by atoms with Crippen molar-refractivity contribution in [2.24, 2.45) is 0 Å². The minimum atomic E-state index is -0.638. The van der Waals surface area contributed by atoms with E-state index in [0.29, 0.717) is 11.5 Å². The van der Waals surface area contributed by atoms with Crippen LogP contribution in [0.5, 0.6) is 17.2 Å². The highest BCUT2D eigenvalue weighted by molar-refractivity contribution is 5.74. The third kappa shape index (κ3) is 3.75. The highest BCUT2D eigenvalue weighted by Gasteiger charge is 2.14. The average molecular weight is 272 g/mol. The smallest absolute Gasteiger partial charge is 0.346 e. The molecule has 0 aliphatic rings. The summed E-state index contributed by atoms with van der Waals surface area (Å²) in [6.45, 7) is 1.64. The van der Waals surface area contributed by atoms with Gasteiger partial charge in [0.15, 0.2) is 6.10 Å². The van der Waals surface area contributed by atoms with Gasteiger partial charge in [-0.15, -0.1) is 0 Å². The van der Waals surface area contributed by atoms with Crippen molar-refractivity contribution in [1.29, 1.82) is 0 Å². The fourth-order valence-electron chi connectivity index (χ4n) is 1.63. The van der Waals surface area contributed by atoms with Gasteiger partial charge >= 0.3 is 5.97 Å². The number of hydrogen-bond donors (Lipinski definition) is 0. The van der Waals surface area contributed by atoms with E-state index in [0.717, 1.165) is 5.75 Å². The van der Waals surface area contributed by atoms with Crippen LogP contribution in [0.25, 0.3) is 0 Å². The third-order valence-corrected chi connectivity index (χ3v) is 2.65. The predicted molar refractivity (Wildman–Crippen MR) is 75.1 cm³/mol. The Bertz CT molecular complexity index is 548. The van der Waals surface area contributed by atoms with Crippen LogP contribution in [-0.2, 0) is 9.53 Å². The molecule has 2 aromatic carbocycles. The first-order valence-corrected chi connectivity index (χ1v) is 6.26. The molecule has 0 aliphatic carbocycles. The Kier molecular flexibility index (Phi) is 4.60. The third-order valence-electron chi connectivity index (χ3n) is 2.65. The molecule has 4 nitrogen and oxygen atoms in total. The Morgan fingerprint density at radius 2 is 1.45 bits per heavy atom. The van der Waals surface area contributed by atoms with Gasteiger partial charge in [0.25, 0.3) is 0 Å². The Balaban J connectivity index is 1.98. The second kappa shape index (κ2) is 6.61. The van der Waals surface area contributed by atoms with Crippen LogP contribution in [0.1, 0.15) is 6.92 Å². The molecule has 2 aromatic rings. The van der Waals surface area contributed by atoms with Crippen molar-refractivity contribution in [3.05, 3.63) is 54.6 Å². The van der Waals surface area contributed by atoms with E-state index in [1.165, 1.54) is 7.11 Å². The first kappa shape index (κ1) is 13.9. The molecule has 104 valence electrons. The SMILES string of the molecule is COC(=O)[C@@H](C)Oc1ccc(Oc2ccccc2)cc1. The molecular weight excluding hydrogens is 256 g/mol. The zero-order valence-corrected chi connectivity index (χ0v) is 11.4. The summed E-state index contributed by atoms with van der Waals surface area (Å²) in [6.07, 6.45) is -0.638. The van der Waals surface area contributed by atoms with Crippen molar-refractivity contribution in [1.82, 2.24) is 0 Å². The zero-order valence-electron chi connectivity index (χ0n) is 11.4. The number of esters is 1. The molecule has 0 aliphatic heterocycles. The first-order chi connectivity index (χ1) is 9.69. The van der Waals surface area contributed by atoms with Gasteiger partial charge in [0.2, 0.25) is 0 Å². The summed E-state index contributed by atoms with van der Waals surface area (Å²) < 4.78 is 15.7. The molecule has 0 saturated heterocycles. The van der Waals surface area contributed by atoms with Gasteiger partial charge in [-0.3, -0.25) is 0 Å². The number of para-hydroxylation sites is 1. The van der Waals surface area contributed by atoms with Gasteiger partial charge in [0.1, 0.15) is 17.2 Å². The van der Waals surface area contributed by atoms with E-state index in [1.807, 2.05) is 30.3 Å². The molecule has 0 saturated carbocycles. The molecule has 0 aromatic heterocycles. The van der Waals surface area contributed by atoms with Gasteiger partial charge < -0.3 is 14.2 Å². The summed E-state index contributed by atoms with van der Waals surface area (Å²) in [5.74, 6) is 1.65. The Morgan fingerprint density at radius 1 is 0.900 bits per heavy atom. The van der Waals surface area contributed by atoms with Crippen LogP contribution >= 0.6 is 0 Å². The summed E-state index contributed by atoms with van der Waals surface area (Å²) in [6, 6.07) is 16.6. The summed E-state index contributed by atoms with van der Waals surface area (Å²) in [5.41, 5.74) is 0. The fourth-order valence-corrected chi connectivity index (χ4v) is 1.63. The predicted octanol–water partition coefficient (Wildman–Crippen LogP) is 3.42. The number of benzene rings is 2. The molecule has 1 atom stereocenters. The molecule has 0 N–H and O–H groups in total. The van der Waals surface area contributed by atoms with Crippen LogP contribution in [0.15, 0.2) is 54.6 Å². The lowest BCUT2D eigenvalue weighted by atomic mass is 10.3. The number of methoxy groups -OCH3 is 1. The van der Waals surface area contributed by atoms with Crippen LogP contribution in [0.3, 0.4) is 0 Å². The van der Waals surface area contributed by atoms with E-state index in [4.69, 9.17) is 9.47 Å². The molecule has 20 heavy (non-hydrogen) atoms. The van der Waals surface area contributed by atoms with Crippen LogP contribution < -0.4 is 9.47 Å². The van der Waals surface area contributed by atoms with Crippen molar-refractivity contribution in [2.75, 3.05) is 7.11 Å². The van der Waals surface area contributed by atoms with Crippen molar-refractivity contribution >= 4 is 5.97 Å². The van der Waals surface area contributed by atoms with Crippen molar-refractivity contribution < 1.29 is 19.0 Å². The number of rotatable bonds is 5. The molecular formula is C16H16O4. The molecule has 0 bridgehead atoms. The van der Waals surface area contributed by atoms with Crippen LogP contribution in [-0.4, -0.2) is 19.2 Å². The highest BCUT2D eigenvalue weighted by Crippen LogP contribution is 2.24. The number of ether oxygens (including phenoxy) is 3. The van der Waals surface area contributed by atoms with Gasteiger partial charge in [-0.2, -0.15) is 0 Å². The monoisotopic (exact) mass is 272 g/mol. The van der Waals surface area contributed by atoms with Gasteiger partial charge in [0.05, 0.1) is 7.11 Å². The highest BCUT2D eigenvalue weighted by atomic mass is 16.6. The lowest BCUT2D eigenvalue weighted by Gasteiger charge is -2.12. The molecule has 0 fully saturated rings. The van der Waals surface area contributed by atoms with Crippen molar-refractivity contribution in [3.63, 3.8) is 0 Å². The maximum absolute atomic E-state index is 11.3. The largest absolute Gasteiger partial charge is 0.479 e. The van der Waals surface area contributed by atoms with E-state index in [9.17, 15) is 4.79 Å². The maximum Gasteiger partial charge on any atom is 0.346 e. The fraction of sp³-hybridized carbons (Fsp3) is 0.188. The number of carbonyl (C=O) groups excluding carboxylic acids is 1. The minimum absolute atomic E-state index is 0.408. The molecule has 0 spiro atoms. The van der Waals surface area contributed by atoms with Crippen LogP contribution in [0.2, 0.25) is 0 Å². The quantitative estimate of drug-likeness (QED) is 0.782. The lowest BCUT2D eigenvalue weighted by molar-refractivity contribution is -0.147. The Morgan fingerprint density at radius 3 is 2.05 bits per heavy atom. The van der Waals surface area contributed by atoms with E-state index in [1.54, 1.807) is 31.2 Å². The van der Waals surface area contributed by atoms with Gasteiger partial charge in [-0.05, 0) is 43.3 Å². The lowest BCUT2D eigenvalue weighted by Crippen LogP contribution is -2.24. The topological polar surface area (TPSA) is 44.8 Å². The average Bonchev–Trinajstić information content (AvgIpc) is 2.49. The molecule has 0 unspecified atom stereocenters. The summed E-state index contributed by atoms with van der Waals surface area (Å²) in [4.78, 5) is 11.3.